The molecule has 0 saturated carbocycles. The Kier molecular flexibility index (Phi) is 5.49. The van der Waals surface area contributed by atoms with E-state index in [-0.39, 0.29) is 11.5 Å². The van der Waals surface area contributed by atoms with Gasteiger partial charge in [0.1, 0.15) is 0 Å². The van der Waals surface area contributed by atoms with Gasteiger partial charge in [0.25, 0.3) is 0 Å². The zero-order valence-corrected chi connectivity index (χ0v) is 14.2. The van der Waals surface area contributed by atoms with Crippen LogP contribution in [0.5, 0.6) is 0 Å². The van der Waals surface area contributed by atoms with Crippen molar-refractivity contribution in [2.24, 2.45) is 0 Å². The predicted octanol–water partition coefficient (Wildman–Crippen LogP) is 3.72. The zero-order chi connectivity index (χ0) is 17.6. The Morgan fingerprint density at radius 1 is 0.960 bits per heavy atom. The van der Waals surface area contributed by atoms with E-state index < -0.39 is 5.97 Å². The van der Waals surface area contributed by atoms with E-state index in [4.69, 9.17) is 0 Å². The Hall–Kier alpha value is -2.62. The quantitative estimate of drug-likeness (QED) is 0.904. The molecule has 0 unspecified atom stereocenters. The van der Waals surface area contributed by atoms with Gasteiger partial charge in [0, 0.05) is 19.5 Å². The van der Waals surface area contributed by atoms with Crippen LogP contribution >= 0.6 is 0 Å². The minimum absolute atomic E-state index is 0.117. The number of nitrogens with zero attached hydrogens (tertiary/aromatic N) is 1. The molecule has 1 saturated heterocycles. The molecule has 0 radical (unpaired) electrons. The highest BCUT2D eigenvalue weighted by molar-refractivity contribution is 5.89. The van der Waals surface area contributed by atoms with Crippen molar-refractivity contribution < 1.29 is 14.7 Å². The molecule has 0 aromatic heterocycles. The van der Waals surface area contributed by atoms with Gasteiger partial charge in [-0.15, -0.1) is 0 Å². The third-order valence-electron chi connectivity index (χ3n) is 4.97. The van der Waals surface area contributed by atoms with Crippen LogP contribution in [0.2, 0.25) is 0 Å². The lowest BCUT2D eigenvalue weighted by molar-refractivity contribution is -0.132. The molecular weight excluding hydrogens is 314 g/mol. The molecule has 0 aliphatic carbocycles. The predicted molar refractivity (Wildman–Crippen MR) is 96.7 cm³/mol. The fraction of sp³-hybridized carbons (Fsp3) is 0.333. The van der Waals surface area contributed by atoms with E-state index in [9.17, 15) is 14.7 Å². The van der Waals surface area contributed by atoms with Crippen molar-refractivity contribution in [3.63, 3.8) is 0 Å². The monoisotopic (exact) mass is 337 g/mol. The number of aryl methyl sites for hydroxylation is 1. The smallest absolute Gasteiger partial charge is 0.335 e. The molecule has 2 aromatic rings. The van der Waals surface area contributed by atoms with Crippen molar-refractivity contribution in [3.05, 3.63) is 71.3 Å². The van der Waals surface area contributed by atoms with E-state index in [1.54, 1.807) is 18.2 Å². The first kappa shape index (κ1) is 17.2. The maximum Gasteiger partial charge on any atom is 0.335 e. The molecule has 1 amide bonds. The average molecular weight is 337 g/mol. The van der Waals surface area contributed by atoms with Gasteiger partial charge in [-0.2, -0.15) is 0 Å². The normalized spacial score (nSPS) is 15.1. The number of likely N-dealkylation sites (tertiary alicyclic amines) is 1. The van der Waals surface area contributed by atoms with Gasteiger partial charge in [-0.05, 0) is 42.4 Å². The van der Waals surface area contributed by atoms with Crippen molar-refractivity contribution in [1.82, 2.24) is 4.90 Å². The number of aromatic carboxylic acids is 1. The largest absolute Gasteiger partial charge is 0.478 e. The Balaban J connectivity index is 1.53. The standard InChI is InChI=1S/C21H23NO3/c23-20(11-10-18-8-4-5-9-19(18)21(24)25)22-14-12-17(13-15-22)16-6-2-1-3-7-16/h1-9,17H,10-15H2,(H,24,25). The molecule has 1 fully saturated rings. The molecule has 4 nitrogen and oxygen atoms in total. The Labute approximate surface area is 148 Å². The van der Waals surface area contributed by atoms with E-state index in [2.05, 4.69) is 24.3 Å². The summed E-state index contributed by atoms with van der Waals surface area (Å²) in [5.41, 5.74) is 2.37. The lowest BCUT2D eigenvalue weighted by atomic mass is 9.89. The molecule has 0 bridgehead atoms. The highest BCUT2D eigenvalue weighted by Crippen LogP contribution is 2.28. The van der Waals surface area contributed by atoms with Gasteiger partial charge in [-0.3, -0.25) is 4.79 Å². The number of carbonyl (C=O) groups excluding carboxylic acids is 1. The first-order chi connectivity index (χ1) is 12.1. The van der Waals surface area contributed by atoms with Crippen LogP contribution in [-0.4, -0.2) is 35.0 Å². The minimum atomic E-state index is -0.938. The maximum absolute atomic E-state index is 12.5. The average Bonchev–Trinajstić information content (AvgIpc) is 2.67. The fourth-order valence-electron chi connectivity index (χ4n) is 3.53. The van der Waals surface area contributed by atoms with Gasteiger partial charge in [-0.25, -0.2) is 4.79 Å². The molecule has 2 aromatic carbocycles. The molecule has 1 aliphatic heterocycles. The molecule has 3 rings (SSSR count). The van der Waals surface area contributed by atoms with Crippen LogP contribution in [0.4, 0.5) is 0 Å². The van der Waals surface area contributed by atoms with Crippen LogP contribution in [0.1, 0.15) is 46.7 Å². The summed E-state index contributed by atoms with van der Waals surface area (Å²) in [5.74, 6) is -0.295. The molecular formula is C21H23NO3. The topological polar surface area (TPSA) is 57.6 Å². The summed E-state index contributed by atoms with van der Waals surface area (Å²) in [6, 6.07) is 17.4. The molecule has 130 valence electrons. The lowest BCUT2D eigenvalue weighted by Gasteiger charge is -2.32. The second kappa shape index (κ2) is 7.97. The lowest BCUT2D eigenvalue weighted by Crippen LogP contribution is -2.38. The van der Waals surface area contributed by atoms with Crippen molar-refractivity contribution in [1.29, 1.82) is 0 Å². The number of carboxylic acid groups (broad SMARTS) is 1. The Morgan fingerprint density at radius 3 is 2.28 bits per heavy atom. The van der Waals surface area contributed by atoms with Crippen LogP contribution in [-0.2, 0) is 11.2 Å². The van der Waals surface area contributed by atoms with Gasteiger partial charge in [0.2, 0.25) is 5.91 Å². The van der Waals surface area contributed by atoms with Crippen LogP contribution in [0, 0.1) is 0 Å². The van der Waals surface area contributed by atoms with Crippen LogP contribution < -0.4 is 0 Å². The van der Waals surface area contributed by atoms with E-state index in [0.29, 0.717) is 18.8 Å². The Morgan fingerprint density at radius 2 is 1.60 bits per heavy atom. The van der Waals surface area contributed by atoms with Crippen molar-refractivity contribution >= 4 is 11.9 Å². The summed E-state index contributed by atoms with van der Waals surface area (Å²) in [5, 5.41) is 9.22. The van der Waals surface area contributed by atoms with Crippen molar-refractivity contribution in [2.75, 3.05) is 13.1 Å². The number of carbonyl (C=O) groups is 2. The van der Waals surface area contributed by atoms with E-state index >= 15 is 0 Å². The molecule has 0 atom stereocenters. The van der Waals surface area contributed by atoms with E-state index in [1.807, 2.05) is 17.0 Å². The SMILES string of the molecule is O=C(O)c1ccccc1CCC(=O)N1CCC(c2ccccc2)CC1. The molecule has 4 heteroatoms. The zero-order valence-electron chi connectivity index (χ0n) is 14.2. The van der Waals surface area contributed by atoms with E-state index in [0.717, 1.165) is 31.5 Å². The van der Waals surface area contributed by atoms with Gasteiger partial charge < -0.3 is 10.0 Å². The first-order valence-corrected chi connectivity index (χ1v) is 8.79. The molecule has 1 heterocycles. The summed E-state index contributed by atoms with van der Waals surface area (Å²) in [6.07, 6.45) is 2.81. The van der Waals surface area contributed by atoms with Gasteiger partial charge in [0.05, 0.1) is 5.56 Å². The number of amides is 1. The highest BCUT2D eigenvalue weighted by atomic mass is 16.4. The van der Waals surface area contributed by atoms with Crippen molar-refractivity contribution in [2.45, 2.75) is 31.6 Å². The summed E-state index contributed by atoms with van der Waals surface area (Å²) in [4.78, 5) is 25.6. The Bertz CT molecular complexity index is 734. The number of carboxylic acids is 1. The first-order valence-electron chi connectivity index (χ1n) is 8.79. The summed E-state index contributed by atoms with van der Waals surface area (Å²) < 4.78 is 0. The highest BCUT2D eigenvalue weighted by Gasteiger charge is 2.23. The summed E-state index contributed by atoms with van der Waals surface area (Å²) in [7, 11) is 0. The summed E-state index contributed by atoms with van der Waals surface area (Å²) >= 11 is 0. The third kappa shape index (κ3) is 4.27. The van der Waals surface area contributed by atoms with Gasteiger partial charge >= 0.3 is 5.97 Å². The third-order valence-corrected chi connectivity index (χ3v) is 4.97. The second-order valence-electron chi connectivity index (χ2n) is 6.53. The van der Waals surface area contributed by atoms with Gasteiger partial charge in [0.15, 0.2) is 0 Å². The number of rotatable bonds is 5. The van der Waals surface area contributed by atoms with E-state index in [1.165, 1.54) is 5.56 Å². The van der Waals surface area contributed by atoms with Gasteiger partial charge in [-0.1, -0.05) is 48.5 Å². The fourth-order valence-corrected chi connectivity index (χ4v) is 3.53. The number of benzene rings is 2. The van der Waals surface area contributed by atoms with Crippen molar-refractivity contribution in [3.8, 4) is 0 Å². The molecule has 1 aliphatic rings. The molecule has 25 heavy (non-hydrogen) atoms. The maximum atomic E-state index is 12.5. The number of hydrogen-bond donors (Lipinski definition) is 1. The molecule has 0 spiro atoms. The number of hydrogen-bond acceptors (Lipinski definition) is 2. The van der Waals surface area contributed by atoms with Crippen LogP contribution in [0.15, 0.2) is 54.6 Å². The number of piperidine rings is 1. The minimum Gasteiger partial charge on any atom is -0.478 e. The second-order valence-corrected chi connectivity index (χ2v) is 6.53. The summed E-state index contributed by atoms with van der Waals surface area (Å²) in [6.45, 7) is 1.55. The van der Waals surface area contributed by atoms with Crippen LogP contribution in [0.3, 0.4) is 0 Å². The molecule has 1 N–H and O–H groups in total. The van der Waals surface area contributed by atoms with Crippen LogP contribution in [0.25, 0.3) is 0 Å².